The van der Waals surface area contributed by atoms with Crippen molar-refractivity contribution in [3.05, 3.63) is 50.3 Å². The highest BCUT2D eigenvalue weighted by atomic mass is 79.9. The summed E-state index contributed by atoms with van der Waals surface area (Å²) in [5, 5.41) is 0.490. The first kappa shape index (κ1) is 22.8. The van der Waals surface area contributed by atoms with Crippen LogP contribution >= 0.6 is 43.2 Å². The largest absolute Gasteiger partial charge is 0.462 e. The van der Waals surface area contributed by atoms with Gasteiger partial charge in [-0.15, -0.1) is 11.3 Å². The number of thiophene rings is 1. The van der Waals surface area contributed by atoms with Gasteiger partial charge in [0.1, 0.15) is 16.6 Å². The average Bonchev–Trinajstić information content (AvgIpc) is 2.97. The third kappa shape index (κ3) is 4.90. The van der Waals surface area contributed by atoms with E-state index < -0.39 is 30.2 Å². The SMILES string of the molecule is CCOC(=O)c1c(N(Cc2c(F)cccc2F)C(=O)OCC)sc(Br)c1CBr. The molecule has 152 valence electrons. The van der Waals surface area contributed by atoms with E-state index in [0.29, 0.717) is 14.7 Å². The van der Waals surface area contributed by atoms with Crippen molar-refractivity contribution in [2.24, 2.45) is 0 Å². The second-order valence-corrected chi connectivity index (χ2v) is 8.25. The summed E-state index contributed by atoms with van der Waals surface area (Å²) in [5.74, 6) is -2.25. The zero-order valence-corrected chi connectivity index (χ0v) is 19.0. The maximum Gasteiger partial charge on any atom is 0.415 e. The van der Waals surface area contributed by atoms with Crippen LogP contribution in [0.1, 0.15) is 35.3 Å². The number of esters is 1. The van der Waals surface area contributed by atoms with E-state index in [9.17, 15) is 18.4 Å². The van der Waals surface area contributed by atoms with E-state index >= 15 is 0 Å². The van der Waals surface area contributed by atoms with Gasteiger partial charge in [0.15, 0.2) is 0 Å². The summed E-state index contributed by atoms with van der Waals surface area (Å²) in [7, 11) is 0. The summed E-state index contributed by atoms with van der Waals surface area (Å²) in [4.78, 5) is 26.2. The van der Waals surface area contributed by atoms with E-state index in [1.165, 1.54) is 6.07 Å². The molecule has 1 amide bonds. The summed E-state index contributed by atoms with van der Waals surface area (Å²) in [6.07, 6.45) is -0.828. The lowest BCUT2D eigenvalue weighted by Gasteiger charge is -2.22. The van der Waals surface area contributed by atoms with E-state index in [4.69, 9.17) is 9.47 Å². The Hall–Kier alpha value is -1.52. The Bertz CT molecular complexity index is 855. The Morgan fingerprint density at radius 2 is 1.71 bits per heavy atom. The van der Waals surface area contributed by atoms with E-state index in [-0.39, 0.29) is 29.3 Å². The van der Waals surface area contributed by atoms with Gasteiger partial charge >= 0.3 is 12.1 Å². The number of anilines is 1. The topological polar surface area (TPSA) is 55.8 Å². The minimum absolute atomic E-state index is 0.0572. The monoisotopic (exact) mass is 539 g/mol. The molecule has 10 heteroatoms. The fraction of sp³-hybridized carbons (Fsp3) is 0.333. The van der Waals surface area contributed by atoms with Crippen LogP contribution < -0.4 is 4.90 Å². The van der Waals surface area contributed by atoms with E-state index in [0.717, 1.165) is 28.4 Å². The Labute approximate surface area is 181 Å². The van der Waals surface area contributed by atoms with Crippen LogP contribution in [0.4, 0.5) is 18.6 Å². The van der Waals surface area contributed by atoms with E-state index in [2.05, 4.69) is 31.9 Å². The third-order valence-corrected chi connectivity index (χ3v) is 6.23. The number of ether oxygens (including phenoxy) is 2. The molecule has 0 radical (unpaired) electrons. The number of alkyl halides is 1. The quantitative estimate of drug-likeness (QED) is 0.318. The Kier molecular flexibility index (Phi) is 8.38. The first-order valence-electron chi connectivity index (χ1n) is 8.27. The molecule has 5 nitrogen and oxygen atoms in total. The van der Waals surface area contributed by atoms with Gasteiger partial charge in [-0.05, 0) is 41.9 Å². The smallest absolute Gasteiger partial charge is 0.415 e. The molecule has 0 bridgehead atoms. The minimum Gasteiger partial charge on any atom is -0.462 e. The van der Waals surface area contributed by atoms with Crippen molar-refractivity contribution in [2.75, 3.05) is 18.1 Å². The molecule has 0 saturated heterocycles. The van der Waals surface area contributed by atoms with Crippen LogP contribution in [0.25, 0.3) is 0 Å². The highest BCUT2D eigenvalue weighted by molar-refractivity contribution is 9.11. The maximum absolute atomic E-state index is 14.2. The number of amides is 1. The average molecular weight is 541 g/mol. The Balaban J connectivity index is 2.61. The summed E-state index contributed by atoms with van der Waals surface area (Å²) in [5.41, 5.74) is 0.400. The molecule has 0 unspecified atom stereocenters. The molecule has 28 heavy (non-hydrogen) atoms. The fourth-order valence-electron chi connectivity index (χ4n) is 2.41. The molecule has 1 aromatic heterocycles. The number of carbonyl (C=O) groups excluding carboxylic acids is 2. The van der Waals surface area contributed by atoms with Crippen LogP contribution in [-0.4, -0.2) is 25.3 Å². The van der Waals surface area contributed by atoms with Gasteiger partial charge in [0.2, 0.25) is 0 Å². The van der Waals surface area contributed by atoms with Gasteiger partial charge in [-0.1, -0.05) is 22.0 Å². The zero-order chi connectivity index (χ0) is 20.8. The van der Waals surface area contributed by atoms with Gasteiger partial charge in [-0.2, -0.15) is 0 Å². The number of benzene rings is 1. The summed E-state index contributed by atoms with van der Waals surface area (Å²) in [6, 6.07) is 3.43. The van der Waals surface area contributed by atoms with Gasteiger partial charge < -0.3 is 9.47 Å². The summed E-state index contributed by atoms with van der Waals surface area (Å²) >= 11 is 7.76. The van der Waals surface area contributed by atoms with Gasteiger partial charge in [0, 0.05) is 16.5 Å². The summed E-state index contributed by atoms with van der Waals surface area (Å²) in [6.45, 7) is 3.01. The molecule has 0 aliphatic heterocycles. The van der Waals surface area contributed by atoms with Crippen molar-refractivity contribution < 1.29 is 27.8 Å². The van der Waals surface area contributed by atoms with Gasteiger partial charge in [0.05, 0.1) is 29.1 Å². The molecular weight excluding hydrogens is 524 g/mol. The third-order valence-electron chi connectivity index (χ3n) is 3.66. The minimum atomic E-state index is -0.828. The van der Waals surface area contributed by atoms with Crippen LogP contribution in [0, 0.1) is 11.6 Å². The molecule has 2 aromatic rings. The highest BCUT2D eigenvalue weighted by Crippen LogP contribution is 2.42. The molecular formula is C18H17Br2F2NO4S. The number of carbonyl (C=O) groups is 2. The predicted octanol–water partition coefficient (Wildman–Crippen LogP) is 6.02. The number of nitrogens with zero attached hydrogens (tertiary/aromatic N) is 1. The van der Waals surface area contributed by atoms with E-state index in [1.807, 2.05) is 0 Å². The second-order valence-electron chi connectivity index (χ2n) is 5.37. The van der Waals surface area contributed by atoms with Crippen LogP contribution in [0.15, 0.2) is 22.0 Å². The Morgan fingerprint density at radius 1 is 1.11 bits per heavy atom. The molecule has 1 heterocycles. The van der Waals surface area contributed by atoms with Gasteiger partial charge in [-0.3, -0.25) is 4.90 Å². The molecule has 0 saturated carbocycles. The van der Waals surface area contributed by atoms with Crippen LogP contribution in [0.5, 0.6) is 0 Å². The first-order valence-corrected chi connectivity index (χ1v) is 11.0. The molecule has 0 N–H and O–H groups in total. The lowest BCUT2D eigenvalue weighted by atomic mass is 10.1. The molecule has 1 aromatic carbocycles. The number of halogens is 4. The van der Waals surface area contributed by atoms with Crippen LogP contribution in [-0.2, 0) is 21.3 Å². The maximum atomic E-state index is 14.2. The second kappa shape index (κ2) is 10.3. The van der Waals surface area contributed by atoms with Gasteiger partial charge in [0.25, 0.3) is 0 Å². The lowest BCUT2D eigenvalue weighted by molar-refractivity contribution is 0.0527. The van der Waals surface area contributed by atoms with Crippen LogP contribution in [0.3, 0.4) is 0 Å². The zero-order valence-electron chi connectivity index (χ0n) is 15.1. The lowest BCUT2D eigenvalue weighted by Crippen LogP contribution is -2.32. The number of rotatable bonds is 7. The van der Waals surface area contributed by atoms with Crippen molar-refractivity contribution in [1.82, 2.24) is 0 Å². The van der Waals surface area contributed by atoms with Crippen molar-refractivity contribution in [2.45, 2.75) is 25.7 Å². The van der Waals surface area contributed by atoms with E-state index in [1.54, 1.807) is 13.8 Å². The Morgan fingerprint density at radius 3 is 2.25 bits per heavy atom. The number of hydrogen-bond donors (Lipinski definition) is 0. The van der Waals surface area contributed by atoms with Crippen molar-refractivity contribution in [3.8, 4) is 0 Å². The van der Waals surface area contributed by atoms with Crippen molar-refractivity contribution in [1.29, 1.82) is 0 Å². The van der Waals surface area contributed by atoms with Crippen molar-refractivity contribution >= 4 is 60.3 Å². The molecule has 0 spiro atoms. The number of hydrogen-bond acceptors (Lipinski definition) is 5. The molecule has 0 aliphatic carbocycles. The van der Waals surface area contributed by atoms with Crippen molar-refractivity contribution in [3.63, 3.8) is 0 Å². The summed E-state index contributed by atoms with van der Waals surface area (Å²) < 4.78 is 39.1. The molecule has 0 aliphatic rings. The molecule has 0 atom stereocenters. The van der Waals surface area contributed by atoms with Crippen LogP contribution in [0.2, 0.25) is 0 Å². The highest BCUT2D eigenvalue weighted by Gasteiger charge is 2.31. The fourth-order valence-corrected chi connectivity index (χ4v) is 5.36. The molecule has 0 fully saturated rings. The normalized spacial score (nSPS) is 10.6. The first-order chi connectivity index (χ1) is 13.3. The predicted molar refractivity (Wildman–Crippen MR) is 110 cm³/mol. The molecule has 2 rings (SSSR count). The standard InChI is InChI=1S/C18H17Br2F2NO4S/c1-3-26-17(24)14-10(8-19)15(20)28-16(14)23(18(25)27-4-2)9-11-12(21)6-5-7-13(11)22/h5-7H,3-4,8-9H2,1-2H3. The van der Waals surface area contributed by atoms with Gasteiger partial charge in [-0.25, -0.2) is 18.4 Å².